The van der Waals surface area contributed by atoms with Crippen LogP contribution in [0.3, 0.4) is 0 Å². The van der Waals surface area contributed by atoms with Gasteiger partial charge in [-0.05, 0) is 6.42 Å². The molecule has 1 atom stereocenters. The second kappa shape index (κ2) is 4.65. The molecule has 0 saturated carbocycles. The van der Waals surface area contributed by atoms with Gasteiger partial charge in [-0.25, -0.2) is 9.97 Å². The van der Waals surface area contributed by atoms with Gasteiger partial charge in [0.2, 0.25) is 0 Å². The van der Waals surface area contributed by atoms with Crippen LogP contribution >= 0.6 is 11.6 Å². The van der Waals surface area contributed by atoms with E-state index in [9.17, 15) is 4.79 Å². The molecule has 1 aliphatic heterocycles. The van der Waals surface area contributed by atoms with E-state index in [4.69, 9.17) is 16.3 Å². The molecule has 2 heterocycles. The van der Waals surface area contributed by atoms with Crippen LogP contribution in [0.4, 0.5) is 5.82 Å². The van der Waals surface area contributed by atoms with E-state index in [0.29, 0.717) is 17.5 Å². The van der Waals surface area contributed by atoms with Crippen LogP contribution < -0.4 is 4.90 Å². The van der Waals surface area contributed by atoms with Gasteiger partial charge in [0.25, 0.3) is 0 Å². The Morgan fingerprint density at radius 1 is 1.56 bits per heavy atom. The van der Waals surface area contributed by atoms with Crippen LogP contribution in [0.1, 0.15) is 6.42 Å². The van der Waals surface area contributed by atoms with Crippen molar-refractivity contribution in [2.75, 3.05) is 25.1 Å². The van der Waals surface area contributed by atoms with E-state index in [-0.39, 0.29) is 11.9 Å². The van der Waals surface area contributed by atoms with Gasteiger partial charge in [-0.1, -0.05) is 11.6 Å². The zero-order chi connectivity index (χ0) is 11.5. The minimum atomic E-state index is -0.178. The Morgan fingerprint density at radius 2 is 2.31 bits per heavy atom. The van der Waals surface area contributed by atoms with E-state index in [0.717, 1.165) is 13.0 Å². The predicted molar refractivity (Wildman–Crippen MR) is 59.4 cm³/mol. The number of carbonyl (C=O) groups is 1. The molecule has 0 aromatic carbocycles. The number of anilines is 1. The van der Waals surface area contributed by atoms with Gasteiger partial charge in [0, 0.05) is 25.5 Å². The largest absolute Gasteiger partial charge is 0.469 e. The van der Waals surface area contributed by atoms with Gasteiger partial charge in [-0.3, -0.25) is 4.79 Å². The summed E-state index contributed by atoms with van der Waals surface area (Å²) >= 11 is 5.93. The lowest BCUT2D eigenvalue weighted by atomic mass is 10.1. The fourth-order valence-electron chi connectivity index (χ4n) is 1.84. The van der Waals surface area contributed by atoms with Crippen LogP contribution in [-0.4, -0.2) is 36.1 Å². The maximum absolute atomic E-state index is 11.4. The minimum Gasteiger partial charge on any atom is -0.469 e. The van der Waals surface area contributed by atoms with Crippen molar-refractivity contribution in [3.63, 3.8) is 0 Å². The molecule has 86 valence electrons. The van der Waals surface area contributed by atoms with E-state index in [2.05, 4.69) is 9.97 Å². The summed E-state index contributed by atoms with van der Waals surface area (Å²) in [6.07, 6.45) is 3.89. The molecular weight excluding hydrogens is 230 g/mol. The van der Waals surface area contributed by atoms with Crippen molar-refractivity contribution in [1.29, 1.82) is 0 Å². The zero-order valence-corrected chi connectivity index (χ0v) is 9.65. The summed E-state index contributed by atoms with van der Waals surface area (Å²) in [4.78, 5) is 21.4. The molecule has 0 aliphatic carbocycles. The maximum Gasteiger partial charge on any atom is 0.310 e. The zero-order valence-electron chi connectivity index (χ0n) is 8.89. The Morgan fingerprint density at radius 3 is 3.00 bits per heavy atom. The van der Waals surface area contributed by atoms with Gasteiger partial charge in [0.1, 0.15) is 0 Å². The molecule has 1 aromatic heterocycles. The molecule has 0 spiro atoms. The molecule has 5 nitrogen and oxygen atoms in total. The van der Waals surface area contributed by atoms with Crippen molar-refractivity contribution >= 4 is 23.4 Å². The summed E-state index contributed by atoms with van der Waals surface area (Å²) < 4.78 is 4.71. The lowest BCUT2D eigenvalue weighted by molar-refractivity contribution is -0.144. The van der Waals surface area contributed by atoms with E-state index in [1.165, 1.54) is 7.11 Å². The number of esters is 1. The third-order valence-corrected chi connectivity index (χ3v) is 2.92. The molecule has 1 unspecified atom stereocenters. The Bertz CT molecular complexity index is 399. The number of halogens is 1. The van der Waals surface area contributed by atoms with Crippen LogP contribution in [0, 0.1) is 5.92 Å². The van der Waals surface area contributed by atoms with Gasteiger partial charge in [-0.15, -0.1) is 0 Å². The predicted octanol–water partition coefficient (Wildman–Crippen LogP) is 1.13. The highest BCUT2D eigenvalue weighted by molar-refractivity contribution is 6.31. The molecule has 1 aliphatic rings. The smallest absolute Gasteiger partial charge is 0.310 e. The van der Waals surface area contributed by atoms with E-state index >= 15 is 0 Å². The van der Waals surface area contributed by atoms with Crippen LogP contribution in [-0.2, 0) is 9.53 Å². The van der Waals surface area contributed by atoms with Crippen LogP contribution in [0.5, 0.6) is 0 Å². The Kier molecular flexibility index (Phi) is 3.24. The first-order valence-corrected chi connectivity index (χ1v) is 5.39. The lowest BCUT2D eigenvalue weighted by Gasteiger charge is -2.17. The van der Waals surface area contributed by atoms with E-state index in [1.807, 2.05) is 4.90 Å². The van der Waals surface area contributed by atoms with Crippen molar-refractivity contribution in [2.24, 2.45) is 5.92 Å². The number of rotatable bonds is 2. The maximum atomic E-state index is 11.4. The first-order valence-electron chi connectivity index (χ1n) is 5.01. The van der Waals surface area contributed by atoms with Crippen molar-refractivity contribution < 1.29 is 9.53 Å². The number of aromatic nitrogens is 2. The Hall–Kier alpha value is -1.36. The summed E-state index contributed by atoms with van der Waals surface area (Å²) in [6.45, 7) is 1.34. The fourth-order valence-corrected chi connectivity index (χ4v) is 2.06. The van der Waals surface area contributed by atoms with Crippen LogP contribution in [0.15, 0.2) is 12.4 Å². The SMILES string of the molecule is COC(=O)C1CCN(c2nccnc2Cl)C1. The highest BCUT2D eigenvalue weighted by Gasteiger charge is 2.30. The second-order valence-corrected chi connectivity index (χ2v) is 3.98. The van der Waals surface area contributed by atoms with Crippen molar-refractivity contribution in [3.8, 4) is 0 Å². The highest BCUT2D eigenvalue weighted by atomic mass is 35.5. The molecule has 6 heteroatoms. The molecule has 0 amide bonds. The number of hydrogen-bond donors (Lipinski definition) is 0. The molecule has 1 fully saturated rings. The van der Waals surface area contributed by atoms with Gasteiger partial charge < -0.3 is 9.64 Å². The number of hydrogen-bond acceptors (Lipinski definition) is 5. The molecule has 0 N–H and O–H groups in total. The quantitative estimate of drug-likeness (QED) is 0.727. The monoisotopic (exact) mass is 241 g/mol. The number of ether oxygens (including phenoxy) is 1. The third kappa shape index (κ3) is 2.09. The van der Waals surface area contributed by atoms with E-state index < -0.39 is 0 Å². The standard InChI is InChI=1S/C10H12ClN3O2/c1-16-10(15)7-2-5-14(6-7)9-8(11)12-3-4-13-9/h3-4,7H,2,5-6H2,1H3. The van der Waals surface area contributed by atoms with E-state index in [1.54, 1.807) is 12.4 Å². The summed E-state index contributed by atoms with van der Waals surface area (Å²) in [6, 6.07) is 0. The topological polar surface area (TPSA) is 55.3 Å². The molecule has 2 rings (SSSR count). The van der Waals surface area contributed by atoms with Crippen molar-refractivity contribution in [3.05, 3.63) is 17.5 Å². The van der Waals surface area contributed by atoms with Crippen LogP contribution in [0.2, 0.25) is 5.15 Å². The normalized spacial score (nSPS) is 19.9. The molecule has 1 saturated heterocycles. The average Bonchev–Trinajstić information content (AvgIpc) is 2.78. The molecule has 0 radical (unpaired) electrons. The Labute approximate surface area is 98.4 Å². The first kappa shape index (κ1) is 11.1. The lowest BCUT2D eigenvalue weighted by Crippen LogP contribution is -2.24. The summed E-state index contributed by atoms with van der Waals surface area (Å²) in [7, 11) is 1.40. The fraction of sp³-hybridized carbons (Fsp3) is 0.500. The first-order chi connectivity index (χ1) is 7.72. The summed E-state index contributed by atoms with van der Waals surface area (Å²) in [5, 5.41) is 0.369. The summed E-state index contributed by atoms with van der Waals surface area (Å²) in [5.74, 6) is 0.362. The minimum absolute atomic E-state index is 0.0944. The molecule has 0 bridgehead atoms. The highest BCUT2D eigenvalue weighted by Crippen LogP contribution is 2.26. The molecule has 1 aromatic rings. The number of nitrogens with zero attached hydrogens (tertiary/aromatic N) is 3. The average molecular weight is 242 g/mol. The van der Waals surface area contributed by atoms with Gasteiger partial charge in [0.15, 0.2) is 11.0 Å². The number of methoxy groups -OCH3 is 1. The van der Waals surface area contributed by atoms with Gasteiger partial charge >= 0.3 is 5.97 Å². The van der Waals surface area contributed by atoms with Crippen LogP contribution in [0.25, 0.3) is 0 Å². The van der Waals surface area contributed by atoms with Gasteiger partial charge in [-0.2, -0.15) is 0 Å². The molecule has 16 heavy (non-hydrogen) atoms. The summed E-state index contributed by atoms with van der Waals surface area (Å²) in [5.41, 5.74) is 0. The Balaban J connectivity index is 2.09. The van der Waals surface area contributed by atoms with Gasteiger partial charge in [0.05, 0.1) is 13.0 Å². The van der Waals surface area contributed by atoms with Crippen molar-refractivity contribution in [1.82, 2.24) is 9.97 Å². The number of carbonyl (C=O) groups excluding carboxylic acids is 1. The van der Waals surface area contributed by atoms with Crippen molar-refractivity contribution in [2.45, 2.75) is 6.42 Å². The second-order valence-electron chi connectivity index (χ2n) is 3.63. The third-order valence-electron chi connectivity index (χ3n) is 2.66. The molecular formula is C10H12ClN3O2.